The van der Waals surface area contributed by atoms with Crippen LogP contribution in [0.25, 0.3) is 5.69 Å². The molecular weight excluding hydrogens is 236 g/mol. The Labute approximate surface area is 106 Å². The molecule has 0 bridgehead atoms. The van der Waals surface area contributed by atoms with Gasteiger partial charge in [-0.15, -0.1) is 0 Å². The van der Waals surface area contributed by atoms with Crippen LogP contribution in [-0.2, 0) is 6.61 Å². The Hall–Kier alpha value is -1.32. The summed E-state index contributed by atoms with van der Waals surface area (Å²) in [6.07, 6.45) is 0. The molecule has 1 N–H and O–H groups in total. The van der Waals surface area contributed by atoms with Gasteiger partial charge in [-0.3, -0.25) is 0 Å². The van der Waals surface area contributed by atoms with Crippen LogP contribution in [0.3, 0.4) is 0 Å². The molecule has 2 aromatic rings. The number of nitrogens with zero attached hydrogens (tertiary/aromatic N) is 2. The van der Waals surface area contributed by atoms with E-state index < -0.39 is 0 Å². The van der Waals surface area contributed by atoms with Gasteiger partial charge in [0.1, 0.15) is 0 Å². The van der Waals surface area contributed by atoms with Gasteiger partial charge in [-0.25, -0.2) is 4.68 Å². The molecule has 0 unspecified atom stereocenters. The second-order valence-corrected chi connectivity index (χ2v) is 4.55. The number of halogens is 1. The van der Waals surface area contributed by atoms with Gasteiger partial charge in [0.25, 0.3) is 0 Å². The first-order chi connectivity index (χ1) is 8.04. The number of aliphatic hydroxyl groups excluding tert-OH is 1. The predicted molar refractivity (Wildman–Crippen MR) is 68.7 cm³/mol. The van der Waals surface area contributed by atoms with Gasteiger partial charge in [0, 0.05) is 0 Å². The molecule has 3 nitrogen and oxygen atoms in total. The maximum Gasteiger partial charge on any atom is 0.0848 e. The van der Waals surface area contributed by atoms with Gasteiger partial charge >= 0.3 is 0 Å². The number of hydrogen-bond donors (Lipinski definition) is 1. The van der Waals surface area contributed by atoms with Crippen LogP contribution in [0.4, 0.5) is 0 Å². The molecule has 2 rings (SSSR count). The highest BCUT2D eigenvalue weighted by molar-refractivity contribution is 6.31. The molecule has 0 aliphatic heterocycles. The van der Waals surface area contributed by atoms with E-state index in [1.807, 2.05) is 43.7 Å². The van der Waals surface area contributed by atoms with Gasteiger partial charge in [0.15, 0.2) is 0 Å². The lowest BCUT2D eigenvalue weighted by Crippen LogP contribution is -2.02. The molecule has 17 heavy (non-hydrogen) atoms. The molecule has 0 radical (unpaired) electrons. The molecule has 1 aromatic carbocycles. The Bertz CT molecular complexity index is 561. The predicted octanol–water partition coefficient (Wildman–Crippen LogP) is 2.94. The van der Waals surface area contributed by atoms with Gasteiger partial charge in [0.2, 0.25) is 0 Å². The number of benzene rings is 1. The standard InChI is InChI=1S/C13H15ClN2O/c1-8-6-11(7-17)4-5-12(8)16-10(3)13(14)9(2)15-16/h4-6,17H,7H2,1-3H3. The van der Waals surface area contributed by atoms with Crippen molar-refractivity contribution in [2.45, 2.75) is 27.4 Å². The van der Waals surface area contributed by atoms with E-state index in [4.69, 9.17) is 16.7 Å². The number of aryl methyl sites for hydroxylation is 2. The van der Waals surface area contributed by atoms with Crippen LogP contribution in [0.2, 0.25) is 5.02 Å². The van der Waals surface area contributed by atoms with E-state index in [9.17, 15) is 0 Å². The fourth-order valence-electron chi connectivity index (χ4n) is 1.91. The quantitative estimate of drug-likeness (QED) is 0.890. The van der Waals surface area contributed by atoms with Gasteiger partial charge < -0.3 is 5.11 Å². The molecule has 0 atom stereocenters. The molecular formula is C13H15ClN2O. The third-order valence-electron chi connectivity index (χ3n) is 2.87. The lowest BCUT2D eigenvalue weighted by atomic mass is 10.1. The molecule has 0 saturated carbocycles. The maximum atomic E-state index is 9.08. The second-order valence-electron chi connectivity index (χ2n) is 4.18. The largest absolute Gasteiger partial charge is 0.392 e. The summed E-state index contributed by atoms with van der Waals surface area (Å²) in [7, 11) is 0. The fourth-order valence-corrected chi connectivity index (χ4v) is 2.03. The van der Waals surface area contributed by atoms with Crippen LogP contribution >= 0.6 is 11.6 Å². The Morgan fingerprint density at radius 2 is 2.00 bits per heavy atom. The van der Waals surface area contributed by atoms with Crippen LogP contribution in [0.5, 0.6) is 0 Å². The van der Waals surface area contributed by atoms with E-state index in [2.05, 4.69) is 5.10 Å². The molecule has 0 spiro atoms. The minimum Gasteiger partial charge on any atom is -0.392 e. The molecule has 1 heterocycles. The Kier molecular flexibility index (Phi) is 3.22. The molecule has 0 aliphatic rings. The molecule has 1 aromatic heterocycles. The van der Waals surface area contributed by atoms with Crippen LogP contribution in [0, 0.1) is 20.8 Å². The van der Waals surface area contributed by atoms with E-state index in [1.165, 1.54) is 0 Å². The first kappa shape index (κ1) is 12.1. The van der Waals surface area contributed by atoms with E-state index in [0.29, 0.717) is 5.02 Å². The van der Waals surface area contributed by atoms with E-state index in [-0.39, 0.29) is 6.61 Å². The van der Waals surface area contributed by atoms with Crippen molar-refractivity contribution in [2.24, 2.45) is 0 Å². The summed E-state index contributed by atoms with van der Waals surface area (Å²) < 4.78 is 1.84. The Morgan fingerprint density at radius 3 is 2.47 bits per heavy atom. The van der Waals surface area contributed by atoms with Crippen molar-refractivity contribution in [1.82, 2.24) is 9.78 Å². The first-order valence-electron chi connectivity index (χ1n) is 5.47. The summed E-state index contributed by atoms with van der Waals surface area (Å²) in [4.78, 5) is 0. The van der Waals surface area contributed by atoms with Crippen molar-refractivity contribution in [2.75, 3.05) is 0 Å². The van der Waals surface area contributed by atoms with Crippen molar-refractivity contribution in [3.05, 3.63) is 45.7 Å². The van der Waals surface area contributed by atoms with E-state index in [0.717, 1.165) is 28.2 Å². The second kappa shape index (κ2) is 4.51. The van der Waals surface area contributed by atoms with Crippen LogP contribution < -0.4 is 0 Å². The minimum atomic E-state index is 0.0546. The van der Waals surface area contributed by atoms with Crippen molar-refractivity contribution in [3.63, 3.8) is 0 Å². The summed E-state index contributed by atoms with van der Waals surface area (Å²) in [5.74, 6) is 0. The summed E-state index contributed by atoms with van der Waals surface area (Å²) in [5, 5.41) is 14.2. The van der Waals surface area contributed by atoms with Gasteiger partial charge in [-0.05, 0) is 38.0 Å². The lowest BCUT2D eigenvalue weighted by Gasteiger charge is -2.09. The zero-order chi connectivity index (χ0) is 12.6. The van der Waals surface area contributed by atoms with Crippen LogP contribution in [-0.4, -0.2) is 14.9 Å². The highest BCUT2D eigenvalue weighted by Crippen LogP contribution is 2.24. The zero-order valence-electron chi connectivity index (χ0n) is 10.2. The SMILES string of the molecule is Cc1cc(CO)ccc1-n1nc(C)c(Cl)c1C. The molecule has 4 heteroatoms. The summed E-state index contributed by atoms with van der Waals surface area (Å²) in [6.45, 7) is 5.89. The first-order valence-corrected chi connectivity index (χ1v) is 5.85. The van der Waals surface area contributed by atoms with E-state index in [1.54, 1.807) is 0 Å². The van der Waals surface area contributed by atoms with Crippen molar-refractivity contribution in [1.29, 1.82) is 0 Å². The highest BCUT2D eigenvalue weighted by atomic mass is 35.5. The van der Waals surface area contributed by atoms with Gasteiger partial charge in [-0.1, -0.05) is 23.7 Å². The van der Waals surface area contributed by atoms with Gasteiger partial charge in [-0.2, -0.15) is 5.10 Å². The van der Waals surface area contributed by atoms with Crippen molar-refractivity contribution >= 4 is 11.6 Å². The highest BCUT2D eigenvalue weighted by Gasteiger charge is 2.12. The summed E-state index contributed by atoms with van der Waals surface area (Å²) in [5.41, 5.74) is 4.73. The third kappa shape index (κ3) is 2.08. The fraction of sp³-hybridized carbons (Fsp3) is 0.308. The Balaban J connectivity index is 2.57. The lowest BCUT2D eigenvalue weighted by molar-refractivity contribution is 0.282. The normalized spacial score (nSPS) is 10.9. The van der Waals surface area contributed by atoms with Crippen molar-refractivity contribution in [3.8, 4) is 5.69 Å². The van der Waals surface area contributed by atoms with Crippen LogP contribution in [0.15, 0.2) is 18.2 Å². The number of aliphatic hydroxyl groups is 1. The topological polar surface area (TPSA) is 38.0 Å². The number of hydrogen-bond acceptors (Lipinski definition) is 2. The number of rotatable bonds is 2. The monoisotopic (exact) mass is 250 g/mol. The Morgan fingerprint density at radius 1 is 1.29 bits per heavy atom. The third-order valence-corrected chi connectivity index (χ3v) is 3.42. The molecule has 0 fully saturated rings. The van der Waals surface area contributed by atoms with Crippen molar-refractivity contribution < 1.29 is 5.11 Å². The smallest absolute Gasteiger partial charge is 0.0848 e. The number of aromatic nitrogens is 2. The molecule has 0 amide bonds. The summed E-state index contributed by atoms with van der Waals surface area (Å²) in [6, 6.07) is 5.81. The average Bonchev–Trinajstić information content (AvgIpc) is 2.57. The molecule has 90 valence electrons. The molecule has 0 saturated heterocycles. The molecule has 0 aliphatic carbocycles. The average molecular weight is 251 g/mol. The van der Waals surface area contributed by atoms with Gasteiger partial charge in [0.05, 0.1) is 28.7 Å². The van der Waals surface area contributed by atoms with Crippen LogP contribution in [0.1, 0.15) is 22.5 Å². The minimum absolute atomic E-state index is 0.0546. The van der Waals surface area contributed by atoms with E-state index >= 15 is 0 Å². The maximum absolute atomic E-state index is 9.08. The summed E-state index contributed by atoms with van der Waals surface area (Å²) >= 11 is 6.14. The zero-order valence-corrected chi connectivity index (χ0v) is 10.9.